The van der Waals surface area contributed by atoms with Crippen molar-refractivity contribution in [3.05, 3.63) is 59.8 Å². The largest absolute Gasteiger partial charge is 0.494 e. The van der Waals surface area contributed by atoms with E-state index in [0.29, 0.717) is 5.56 Å². The molecule has 0 unspecified atom stereocenters. The van der Waals surface area contributed by atoms with E-state index in [0.717, 1.165) is 53.2 Å². The molecule has 0 radical (unpaired) electrons. The summed E-state index contributed by atoms with van der Waals surface area (Å²) in [5.74, 6) is 0.495. The first-order valence-corrected chi connectivity index (χ1v) is 9.10. The Morgan fingerprint density at radius 3 is 2.54 bits per heavy atom. The zero-order valence-electron chi connectivity index (χ0n) is 16.3. The van der Waals surface area contributed by atoms with Gasteiger partial charge in [-0.1, -0.05) is 13.3 Å². The molecule has 5 nitrogen and oxygen atoms in total. The molecule has 0 atom stereocenters. The number of fused-ring (bicyclic) bond motifs is 1. The average molecular weight is 401 g/mol. The first-order chi connectivity index (χ1) is 13.1. The molecule has 0 aliphatic rings. The Morgan fingerprint density at radius 1 is 1.11 bits per heavy atom. The number of ether oxygens (including phenoxy) is 2. The second-order valence-corrected chi connectivity index (χ2v) is 6.39. The van der Waals surface area contributed by atoms with Gasteiger partial charge in [-0.2, -0.15) is 0 Å². The van der Waals surface area contributed by atoms with E-state index in [-0.39, 0.29) is 18.4 Å². The number of halogens is 1. The van der Waals surface area contributed by atoms with Crippen LogP contribution in [0.25, 0.3) is 10.9 Å². The summed E-state index contributed by atoms with van der Waals surface area (Å²) in [6, 6.07) is 15.2. The number of nitrogens with one attached hydrogen (secondary N) is 1. The average Bonchev–Trinajstić information content (AvgIpc) is 2.68. The second-order valence-electron chi connectivity index (χ2n) is 6.39. The van der Waals surface area contributed by atoms with Crippen LogP contribution in [0, 0.1) is 6.92 Å². The van der Waals surface area contributed by atoms with Crippen LogP contribution in [0.3, 0.4) is 0 Å². The molecule has 2 aromatic carbocycles. The van der Waals surface area contributed by atoms with Gasteiger partial charge in [0.05, 0.1) is 24.8 Å². The molecule has 0 saturated carbocycles. The van der Waals surface area contributed by atoms with Gasteiger partial charge in [0, 0.05) is 22.5 Å². The fourth-order valence-corrected chi connectivity index (χ4v) is 2.83. The van der Waals surface area contributed by atoms with Crippen LogP contribution in [0.4, 0.5) is 11.4 Å². The quantitative estimate of drug-likeness (QED) is 0.408. The third-order valence-electron chi connectivity index (χ3n) is 4.26. The van der Waals surface area contributed by atoms with Crippen molar-refractivity contribution in [3.63, 3.8) is 0 Å². The molecule has 1 heterocycles. The van der Waals surface area contributed by atoms with Gasteiger partial charge in [-0.25, -0.2) is 4.79 Å². The fraction of sp³-hybridized carbons (Fsp3) is 0.273. The maximum Gasteiger partial charge on any atom is 0.337 e. The highest BCUT2D eigenvalue weighted by Crippen LogP contribution is 2.28. The van der Waals surface area contributed by atoms with Gasteiger partial charge in [-0.15, -0.1) is 12.4 Å². The van der Waals surface area contributed by atoms with Crippen molar-refractivity contribution in [2.75, 3.05) is 19.0 Å². The van der Waals surface area contributed by atoms with Gasteiger partial charge in [0.2, 0.25) is 0 Å². The molecule has 3 aromatic rings. The van der Waals surface area contributed by atoms with Crippen LogP contribution in [0.2, 0.25) is 0 Å². The monoisotopic (exact) mass is 400 g/mol. The van der Waals surface area contributed by atoms with Crippen LogP contribution >= 0.6 is 12.4 Å². The number of benzene rings is 2. The number of unbranched alkanes of at least 4 members (excludes halogenated alkanes) is 1. The predicted octanol–water partition coefficient (Wildman–Crippen LogP) is 5.67. The van der Waals surface area contributed by atoms with E-state index in [1.807, 2.05) is 43.3 Å². The first kappa shape index (κ1) is 21.5. The van der Waals surface area contributed by atoms with Gasteiger partial charge in [-0.05, 0) is 61.9 Å². The lowest BCUT2D eigenvalue weighted by molar-refractivity contribution is 0.0601. The standard InChI is InChI=1S/C22H24N2O3.ClH/c1-4-5-12-27-18-9-7-17(8-10-18)24-21-13-15(2)23-20-11-6-16(14-19(20)21)22(25)26-3;/h6-11,13-14H,4-5,12H2,1-3H3,(H,23,24);1H. The highest BCUT2D eigenvalue weighted by molar-refractivity contribution is 5.99. The van der Waals surface area contributed by atoms with Gasteiger partial charge >= 0.3 is 5.97 Å². The molecule has 3 rings (SSSR count). The molecule has 0 fully saturated rings. The van der Waals surface area contributed by atoms with Gasteiger partial charge in [0.1, 0.15) is 5.75 Å². The van der Waals surface area contributed by atoms with Crippen molar-refractivity contribution in [2.24, 2.45) is 0 Å². The number of hydrogen-bond donors (Lipinski definition) is 1. The number of aryl methyl sites for hydroxylation is 1. The minimum absolute atomic E-state index is 0. The zero-order chi connectivity index (χ0) is 19.2. The maximum absolute atomic E-state index is 11.9. The Morgan fingerprint density at radius 2 is 1.86 bits per heavy atom. The van der Waals surface area contributed by atoms with Crippen molar-refractivity contribution in [2.45, 2.75) is 26.7 Å². The number of aromatic nitrogens is 1. The summed E-state index contributed by atoms with van der Waals surface area (Å²) in [7, 11) is 1.38. The lowest BCUT2D eigenvalue weighted by Gasteiger charge is -2.12. The highest BCUT2D eigenvalue weighted by atomic mass is 35.5. The molecule has 0 bridgehead atoms. The number of hydrogen-bond acceptors (Lipinski definition) is 5. The number of carbonyl (C=O) groups excluding carboxylic acids is 1. The van der Waals surface area contributed by atoms with Crippen LogP contribution < -0.4 is 10.1 Å². The summed E-state index contributed by atoms with van der Waals surface area (Å²) in [5.41, 5.74) is 4.05. The van der Waals surface area contributed by atoms with Crippen LogP contribution in [0.5, 0.6) is 5.75 Å². The number of nitrogens with zero attached hydrogens (tertiary/aromatic N) is 1. The van der Waals surface area contributed by atoms with E-state index < -0.39 is 0 Å². The lowest BCUT2D eigenvalue weighted by atomic mass is 10.1. The van der Waals surface area contributed by atoms with Gasteiger partial charge < -0.3 is 14.8 Å². The smallest absolute Gasteiger partial charge is 0.337 e. The maximum atomic E-state index is 11.9. The van der Waals surface area contributed by atoms with E-state index in [1.54, 1.807) is 12.1 Å². The summed E-state index contributed by atoms with van der Waals surface area (Å²) in [6.07, 6.45) is 2.16. The molecule has 148 valence electrons. The number of methoxy groups -OCH3 is 1. The molecule has 0 aliphatic heterocycles. The normalized spacial score (nSPS) is 10.2. The highest BCUT2D eigenvalue weighted by Gasteiger charge is 2.10. The summed E-state index contributed by atoms with van der Waals surface area (Å²) < 4.78 is 10.5. The van der Waals surface area contributed by atoms with Crippen molar-refractivity contribution in [1.29, 1.82) is 0 Å². The Balaban J connectivity index is 0.00000280. The summed E-state index contributed by atoms with van der Waals surface area (Å²) in [4.78, 5) is 16.4. The molecule has 6 heteroatoms. The molecular formula is C22H25ClN2O3. The van der Waals surface area contributed by atoms with E-state index in [4.69, 9.17) is 9.47 Å². The molecule has 0 spiro atoms. The minimum Gasteiger partial charge on any atom is -0.494 e. The van der Waals surface area contributed by atoms with Crippen LogP contribution in [0.1, 0.15) is 35.8 Å². The second kappa shape index (κ2) is 9.95. The number of carbonyl (C=O) groups is 1. The van der Waals surface area contributed by atoms with Crippen LogP contribution in [-0.2, 0) is 4.74 Å². The SMILES string of the molecule is CCCCOc1ccc(Nc2cc(C)nc3ccc(C(=O)OC)cc23)cc1.Cl. The Hall–Kier alpha value is -2.79. The third-order valence-corrected chi connectivity index (χ3v) is 4.26. The summed E-state index contributed by atoms with van der Waals surface area (Å²) in [6.45, 7) is 4.82. The predicted molar refractivity (Wildman–Crippen MR) is 115 cm³/mol. The lowest BCUT2D eigenvalue weighted by Crippen LogP contribution is -2.02. The molecule has 1 N–H and O–H groups in total. The van der Waals surface area contributed by atoms with Crippen LogP contribution in [-0.4, -0.2) is 24.7 Å². The minimum atomic E-state index is -0.364. The van der Waals surface area contributed by atoms with Crippen molar-refractivity contribution in [3.8, 4) is 5.75 Å². The zero-order valence-corrected chi connectivity index (χ0v) is 17.1. The number of esters is 1. The van der Waals surface area contributed by atoms with Gasteiger partial charge in [-0.3, -0.25) is 4.98 Å². The van der Waals surface area contributed by atoms with Crippen molar-refractivity contribution >= 4 is 40.7 Å². The molecule has 0 amide bonds. The fourth-order valence-electron chi connectivity index (χ4n) is 2.83. The van der Waals surface area contributed by atoms with E-state index in [9.17, 15) is 4.79 Å². The van der Waals surface area contributed by atoms with Crippen molar-refractivity contribution < 1.29 is 14.3 Å². The topological polar surface area (TPSA) is 60.5 Å². The van der Waals surface area contributed by atoms with E-state index in [2.05, 4.69) is 17.2 Å². The molecular weight excluding hydrogens is 376 g/mol. The van der Waals surface area contributed by atoms with Gasteiger partial charge in [0.15, 0.2) is 0 Å². The molecule has 1 aromatic heterocycles. The number of rotatable bonds is 7. The molecule has 0 aliphatic carbocycles. The van der Waals surface area contributed by atoms with Crippen LogP contribution in [0.15, 0.2) is 48.5 Å². The number of anilines is 2. The summed E-state index contributed by atoms with van der Waals surface area (Å²) >= 11 is 0. The van der Waals surface area contributed by atoms with E-state index >= 15 is 0 Å². The molecule has 28 heavy (non-hydrogen) atoms. The summed E-state index contributed by atoms with van der Waals surface area (Å²) in [5, 5.41) is 4.29. The van der Waals surface area contributed by atoms with E-state index in [1.165, 1.54) is 7.11 Å². The molecule has 0 saturated heterocycles. The first-order valence-electron chi connectivity index (χ1n) is 9.10. The third kappa shape index (κ3) is 5.14. The Labute approximate surface area is 171 Å². The number of pyridine rings is 1. The van der Waals surface area contributed by atoms with Crippen molar-refractivity contribution in [1.82, 2.24) is 4.98 Å². The Kier molecular flexibility index (Phi) is 7.64. The van der Waals surface area contributed by atoms with Gasteiger partial charge in [0.25, 0.3) is 0 Å². The Bertz CT molecular complexity index is 942.